The number of nitrogens with zero attached hydrogens (tertiary/aromatic N) is 2. The van der Waals surface area contributed by atoms with Gasteiger partial charge in [0.15, 0.2) is 0 Å². The van der Waals surface area contributed by atoms with Crippen molar-refractivity contribution in [1.29, 1.82) is 0 Å². The van der Waals surface area contributed by atoms with E-state index in [0.717, 1.165) is 11.3 Å². The van der Waals surface area contributed by atoms with Crippen molar-refractivity contribution in [2.75, 3.05) is 5.32 Å². The van der Waals surface area contributed by atoms with Crippen LogP contribution in [0.1, 0.15) is 53.5 Å². The molecule has 2 amide bonds. The number of anilines is 1. The van der Waals surface area contributed by atoms with Crippen molar-refractivity contribution in [2.45, 2.75) is 78.1 Å². The maximum absolute atomic E-state index is 13.9. The summed E-state index contributed by atoms with van der Waals surface area (Å²) in [7, 11) is 0. The number of esters is 1. The van der Waals surface area contributed by atoms with Gasteiger partial charge in [-0.05, 0) is 51.3 Å². The minimum Gasteiger partial charge on any atom is -0.458 e. The highest BCUT2D eigenvalue weighted by molar-refractivity contribution is 6.12. The van der Waals surface area contributed by atoms with Crippen LogP contribution in [-0.4, -0.2) is 52.4 Å². The van der Waals surface area contributed by atoms with Crippen molar-refractivity contribution in [2.24, 2.45) is 10.9 Å². The van der Waals surface area contributed by atoms with Crippen LogP contribution in [-0.2, 0) is 25.5 Å². The zero-order valence-corrected chi connectivity index (χ0v) is 22.5. The minimum atomic E-state index is -0.918. The molecule has 0 saturated carbocycles. The normalized spacial score (nSPS) is 18.0. The lowest BCUT2D eigenvalue weighted by Crippen LogP contribution is -2.58. The lowest BCUT2D eigenvalue weighted by molar-refractivity contribution is -0.159. The fourth-order valence-corrected chi connectivity index (χ4v) is 4.14. The Morgan fingerprint density at radius 1 is 1.05 bits per heavy atom. The summed E-state index contributed by atoms with van der Waals surface area (Å²) >= 11 is 0. The summed E-state index contributed by atoms with van der Waals surface area (Å²) in [6, 6.07) is 16.4. The van der Waals surface area contributed by atoms with Gasteiger partial charge in [-0.2, -0.15) is 0 Å². The molecule has 198 valence electrons. The summed E-state index contributed by atoms with van der Waals surface area (Å²) in [5.41, 5.74) is 0.928. The number of hydrogen-bond acceptors (Lipinski definition) is 6. The van der Waals surface area contributed by atoms with E-state index in [9.17, 15) is 14.4 Å². The van der Waals surface area contributed by atoms with E-state index >= 15 is 0 Å². The van der Waals surface area contributed by atoms with Crippen molar-refractivity contribution < 1.29 is 19.1 Å². The van der Waals surface area contributed by atoms with Crippen LogP contribution in [0.4, 0.5) is 5.69 Å². The highest BCUT2D eigenvalue weighted by Crippen LogP contribution is 2.24. The third-order valence-electron chi connectivity index (χ3n) is 6.19. The SMILES string of the molecule is CCC(C)[C@@H](C(=O)N[C@@H](Cc1ccccc1)C(=O)OC(C)(C)C)N1C(=O)[C@H](C)N=C1Nc1ccccc1. The molecule has 8 heteroatoms. The topological polar surface area (TPSA) is 100 Å². The Labute approximate surface area is 219 Å². The van der Waals surface area contributed by atoms with E-state index in [2.05, 4.69) is 15.6 Å². The molecule has 1 unspecified atom stereocenters. The van der Waals surface area contributed by atoms with Gasteiger partial charge >= 0.3 is 5.97 Å². The molecule has 4 atom stereocenters. The molecule has 0 spiro atoms. The van der Waals surface area contributed by atoms with Crippen molar-refractivity contribution in [1.82, 2.24) is 10.2 Å². The summed E-state index contributed by atoms with van der Waals surface area (Å²) in [5, 5.41) is 6.11. The van der Waals surface area contributed by atoms with Crippen molar-refractivity contribution >= 4 is 29.4 Å². The van der Waals surface area contributed by atoms with E-state index < -0.39 is 35.6 Å². The van der Waals surface area contributed by atoms with Gasteiger partial charge < -0.3 is 15.4 Å². The van der Waals surface area contributed by atoms with Crippen molar-refractivity contribution in [3.63, 3.8) is 0 Å². The molecule has 0 bridgehead atoms. The van der Waals surface area contributed by atoms with Gasteiger partial charge in [0, 0.05) is 12.1 Å². The molecule has 37 heavy (non-hydrogen) atoms. The smallest absolute Gasteiger partial charge is 0.329 e. The lowest BCUT2D eigenvalue weighted by atomic mass is 9.95. The van der Waals surface area contributed by atoms with Gasteiger partial charge in [0.2, 0.25) is 11.9 Å². The molecule has 1 aliphatic rings. The molecule has 8 nitrogen and oxygen atoms in total. The Morgan fingerprint density at radius 3 is 2.22 bits per heavy atom. The number of nitrogens with one attached hydrogen (secondary N) is 2. The first kappa shape index (κ1) is 27.9. The fraction of sp³-hybridized carbons (Fsp3) is 0.448. The molecule has 1 heterocycles. The molecule has 2 aromatic rings. The molecule has 0 aromatic heterocycles. The summed E-state index contributed by atoms with van der Waals surface area (Å²) < 4.78 is 5.63. The maximum atomic E-state index is 13.9. The largest absolute Gasteiger partial charge is 0.458 e. The first-order valence-electron chi connectivity index (χ1n) is 12.8. The minimum absolute atomic E-state index is 0.201. The van der Waals surface area contributed by atoms with Crippen LogP contribution in [0, 0.1) is 5.92 Å². The molecular formula is C29H38N4O4. The standard InChI is InChI=1S/C29H38N4O4/c1-7-19(2)24(33-26(35)20(3)30-28(33)31-22-16-12-9-13-17-22)25(34)32-23(27(36)37-29(4,5)6)18-21-14-10-8-11-15-21/h8-17,19-20,23-24H,7,18H2,1-6H3,(H,30,31)(H,32,34)/t19?,20-,23-,24-/m0/s1. The van der Waals surface area contributed by atoms with Gasteiger partial charge in [-0.25, -0.2) is 9.79 Å². The van der Waals surface area contributed by atoms with Crippen LogP contribution in [0.2, 0.25) is 0 Å². The van der Waals surface area contributed by atoms with Crippen molar-refractivity contribution in [3.8, 4) is 0 Å². The first-order valence-corrected chi connectivity index (χ1v) is 12.8. The van der Waals surface area contributed by atoms with Gasteiger partial charge in [0.05, 0.1) is 0 Å². The van der Waals surface area contributed by atoms with Crippen LogP contribution in [0.25, 0.3) is 0 Å². The Bertz CT molecular complexity index is 1110. The molecule has 2 aromatic carbocycles. The summed E-state index contributed by atoms with van der Waals surface area (Å²) in [5.74, 6) is -1.10. The van der Waals surface area contributed by atoms with E-state index in [1.165, 1.54) is 4.90 Å². The molecule has 0 saturated heterocycles. The third kappa shape index (κ3) is 7.41. The van der Waals surface area contributed by atoms with E-state index in [-0.39, 0.29) is 18.2 Å². The van der Waals surface area contributed by atoms with Gasteiger partial charge in [0.1, 0.15) is 23.7 Å². The zero-order valence-electron chi connectivity index (χ0n) is 22.5. The quantitative estimate of drug-likeness (QED) is 0.497. The molecule has 0 aliphatic carbocycles. The Hall–Kier alpha value is -3.68. The predicted octanol–water partition coefficient (Wildman–Crippen LogP) is 4.17. The first-order chi connectivity index (χ1) is 17.5. The van der Waals surface area contributed by atoms with Crippen molar-refractivity contribution in [3.05, 3.63) is 66.2 Å². The predicted molar refractivity (Wildman–Crippen MR) is 145 cm³/mol. The third-order valence-corrected chi connectivity index (χ3v) is 6.19. The van der Waals surface area contributed by atoms with Gasteiger partial charge in [-0.1, -0.05) is 68.8 Å². The number of aliphatic imine (C=N–C) groups is 1. The Kier molecular flexibility index (Phi) is 9.08. The lowest BCUT2D eigenvalue weighted by Gasteiger charge is -2.33. The van der Waals surface area contributed by atoms with Crippen LogP contribution >= 0.6 is 0 Å². The Morgan fingerprint density at radius 2 is 1.65 bits per heavy atom. The van der Waals surface area contributed by atoms with E-state index in [1.807, 2.05) is 74.5 Å². The second-order valence-electron chi connectivity index (χ2n) is 10.4. The van der Waals surface area contributed by atoms with Gasteiger partial charge in [-0.15, -0.1) is 0 Å². The number of para-hydroxylation sites is 1. The molecule has 0 radical (unpaired) electrons. The van der Waals surface area contributed by atoms with Crippen LogP contribution < -0.4 is 10.6 Å². The van der Waals surface area contributed by atoms with Crippen LogP contribution in [0.15, 0.2) is 65.7 Å². The van der Waals surface area contributed by atoms with Gasteiger partial charge in [-0.3, -0.25) is 14.5 Å². The highest BCUT2D eigenvalue weighted by atomic mass is 16.6. The maximum Gasteiger partial charge on any atom is 0.329 e. The second kappa shape index (κ2) is 12.0. The van der Waals surface area contributed by atoms with E-state index in [1.54, 1.807) is 27.7 Å². The average Bonchev–Trinajstić information content (AvgIpc) is 3.11. The zero-order chi connectivity index (χ0) is 27.2. The monoisotopic (exact) mass is 506 g/mol. The summed E-state index contributed by atoms with van der Waals surface area (Å²) in [6.45, 7) is 11.0. The van der Waals surface area contributed by atoms with E-state index in [4.69, 9.17) is 4.74 Å². The summed E-state index contributed by atoms with van der Waals surface area (Å²) in [4.78, 5) is 46.2. The molecular weight excluding hydrogens is 468 g/mol. The molecule has 3 rings (SSSR count). The molecule has 2 N–H and O–H groups in total. The number of hydrogen-bond donors (Lipinski definition) is 2. The number of guanidine groups is 1. The molecule has 1 aliphatic heterocycles. The molecule has 0 fully saturated rings. The fourth-order valence-electron chi connectivity index (χ4n) is 4.14. The van der Waals surface area contributed by atoms with Gasteiger partial charge in [0.25, 0.3) is 5.91 Å². The highest BCUT2D eigenvalue weighted by Gasteiger charge is 2.43. The van der Waals surface area contributed by atoms with Crippen LogP contribution in [0.3, 0.4) is 0 Å². The average molecular weight is 507 g/mol. The Balaban J connectivity index is 1.90. The number of amides is 2. The van der Waals surface area contributed by atoms with Crippen LogP contribution in [0.5, 0.6) is 0 Å². The number of carbonyl (C=O) groups is 3. The number of ether oxygens (including phenoxy) is 1. The summed E-state index contributed by atoms with van der Waals surface area (Å²) in [6.07, 6.45) is 0.910. The number of rotatable bonds is 9. The second-order valence-corrected chi connectivity index (χ2v) is 10.4. The number of benzene rings is 2. The number of carbonyl (C=O) groups excluding carboxylic acids is 3. The van der Waals surface area contributed by atoms with E-state index in [0.29, 0.717) is 12.4 Å².